The number of hydrogen-bond donors (Lipinski definition) is 2. The molecule has 0 saturated carbocycles. The van der Waals surface area contributed by atoms with Gasteiger partial charge in [-0.2, -0.15) is 0 Å². The number of nitrogens with zero attached hydrogens (tertiary/aromatic N) is 1. The zero-order valence-corrected chi connectivity index (χ0v) is 15.5. The average molecular weight is 420 g/mol. The van der Waals surface area contributed by atoms with E-state index in [1.54, 1.807) is 41.8 Å². The standard InChI is InChI=1S/C18H15BrFN3OS/c19-16-7-6-14(25-16)8-10-22-18(24)15-5-2-9-21-17(15)23-13-4-1-3-12(20)11-13/h1-7,9,11H,8,10H2,(H,21,23)(H,22,24). The van der Waals surface area contributed by atoms with E-state index in [1.807, 2.05) is 12.1 Å². The van der Waals surface area contributed by atoms with E-state index in [-0.39, 0.29) is 11.7 Å². The van der Waals surface area contributed by atoms with E-state index >= 15 is 0 Å². The van der Waals surface area contributed by atoms with Crippen molar-refractivity contribution in [2.75, 3.05) is 11.9 Å². The highest BCUT2D eigenvalue weighted by atomic mass is 79.9. The van der Waals surface area contributed by atoms with Crippen LogP contribution in [0.3, 0.4) is 0 Å². The molecule has 3 rings (SSSR count). The normalized spacial score (nSPS) is 10.5. The summed E-state index contributed by atoms with van der Waals surface area (Å²) in [6, 6.07) is 13.4. The second-order valence-corrected chi connectivity index (χ2v) is 7.79. The molecule has 0 atom stereocenters. The molecule has 128 valence electrons. The minimum absolute atomic E-state index is 0.220. The highest BCUT2D eigenvalue weighted by molar-refractivity contribution is 9.11. The van der Waals surface area contributed by atoms with Crippen molar-refractivity contribution >= 4 is 44.7 Å². The Bertz CT molecular complexity index is 884. The SMILES string of the molecule is O=C(NCCc1ccc(Br)s1)c1cccnc1Nc1cccc(F)c1. The molecule has 0 bridgehead atoms. The number of rotatable bonds is 6. The predicted octanol–water partition coefficient (Wildman–Crippen LogP) is 4.76. The summed E-state index contributed by atoms with van der Waals surface area (Å²) in [7, 11) is 0. The quantitative estimate of drug-likeness (QED) is 0.605. The lowest BCUT2D eigenvalue weighted by molar-refractivity contribution is 0.0955. The molecule has 0 spiro atoms. The number of nitrogens with one attached hydrogen (secondary N) is 2. The van der Waals surface area contributed by atoms with E-state index in [9.17, 15) is 9.18 Å². The summed E-state index contributed by atoms with van der Waals surface area (Å²) in [5.74, 6) is -0.180. The molecule has 3 aromatic rings. The summed E-state index contributed by atoms with van der Waals surface area (Å²) in [6.07, 6.45) is 2.34. The first-order valence-corrected chi connectivity index (χ1v) is 9.23. The molecule has 1 amide bonds. The van der Waals surface area contributed by atoms with E-state index in [0.717, 1.165) is 10.2 Å². The van der Waals surface area contributed by atoms with E-state index in [1.165, 1.54) is 17.0 Å². The van der Waals surface area contributed by atoms with E-state index < -0.39 is 0 Å². The smallest absolute Gasteiger partial charge is 0.255 e. The Morgan fingerprint density at radius 1 is 1.20 bits per heavy atom. The molecule has 0 saturated heterocycles. The summed E-state index contributed by atoms with van der Waals surface area (Å²) in [5.41, 5.74) is 0.954. The third-order valence-corrected chi connectivity index (χ3v) is 5.11. The van der Waals surface area contributed by atoms with Gasteiger partial charge in [-0.3, -0.25) is 4.79 Å². The van der Waals surface area contributed by atoms with Crippen molar-refractivity contribution in [3.8, 4) is 0 Å². The highest BCUT2D eigenvalue weighted by Gasteiger charge is 2.12. The number of aromatic nitrogens is 1. The third-order valence-electron chi connectivity index (χ3n) is 3.43. The molecule has 1 aromatic carbocycles. The van der Waals surface area contributed by atoms with Crippen LogP contribution in [0.15, 0.2) is 58.5 Å². The topological polar surface area (TPSA) is 54.0 Å². The lowest BCUT2D eigenvalue weighted by atomic mass is 10.2. The molecule has 0 aliphatic carbocycles. The Hall–Kier alpha value is -2.25. The van der Waals surface area contributed by atoms with Crippen LogP contribution in [-0.2, 0) is 6.42 Å². The second kappa shape index (κ2) is 8.22. The monoisotopic (exact) mass is 419 g/mol. The van der Waals surface area contributed by atoms with Gasteiger partial charge in [0.05, 0.1) is 9.35 Å². The lowest BCUT2D eigenvalue weighted by Gasteiger charge is -2.11. The number of pyridine rings is 1. The summed E-state index contributed by atoms with van der Waals surface area (Å²) >= 11 is 5.07. The maximum atomic E-state index is 13.3. The van der Waals surface area contributed by atoms with Gasteiger partial charge in [-0.25, -0.2) is 9.37 Å². The minimum Gasteiger partial charge on any atom is -0.352 e. The Morgan fingerprint density at radius 3 is 2.84 bits per heavy atom. The van der Waals surface area contributed by atoms with Crippen molar-refractivity contribution in [2.45, 2.75) is 6.42 Å². The summed E-state index contributed by atoms with van der Waals surface area (Å²) < 4.78 is 14.4. The zero-order chi connectivity index (χ0) is 17.6. The molecule has 2 aromatic heterocycles. The number of amides is 1. The van der Waals surface area contributed by atoms with E-state index in [2.05, 4.69) is 31.5 Å². The zero-order valence-electron chi connectivity index (χ0n) is 13.1. The first-order chi connectivity index (χ1) is 12.1. The Kier molecular flexibility index (Phi) is 5.78. The highest BCUT2D eigenvalue weighted by Crippen LogP contribution is 2.22. The fourth-order valence-corrected chi connectivity index (χ4v) is 3.75. The van der Waals surface area contributed by atoms with Gasteiger partial charge in [-0.15, -0.1) is 11.3 Å². The average Bonchev–Trinajstić information content (AvgIpc) is 3.00. The molecule has 0 aliphatic heterocycles. The number of carbonyl (C=O) groups is 1. The number of halogens is 2. The van der Waals surface area contributed by atoms with Crippen LogP contribution in [0.4, 0.5) is 15.9 Å². The van der Waals surface area contributed by atoms with Gasteiger partial charge >= 0.3 is 0 Å². The van der Waals surface area contributed by atoms with Crippen LogP contribution in [-0.4, -0.2) is 17.4 Å². The summed E-state index contributed by atoms with van der Waals surface area (Å²) in [6.45, 7) is 0.528. The van der Waals surface area contributed by atoms with Crippen LogP contribution in [0, 0.1) is 5.82 Å². The van der Waals surface area contributed by atoms with Gasteiger partial charge in [-0.1, -0.05) is 6.07 Å². The number of carbonyl (C=O) groups excluding carboxylic acids is 1. The maximum Gasteiger partial charge on any atom is 0.255 e. The largest absolute Gasteiger partial charge is 0.352 e. The Labute approximate surface area is 157 Å². The van der Waals surface area contributed by atoms with Crippen LogP contribution in [0.25, 0.3) is 0 Å². The van der Waals surface area contributed by atoms with Crippen molar-refractivity contribution in [2.24, 2.45) is 0 Å². The molecule has 4 nitrogen and oxygen atoms in total. The molecular formula is C18H15BrFN3OS. The molecule has 0 fully saturated rings. The molecule has 2 N–H and O–H groups in total. The first kappa shape index (κ1) is 17.6. The van der Waals surface area contributed by atoms with Gasteiger partial charge in [-0.05, 0) is 64.8 Å². The van der Waals surface area contributed by atoms with Crippen LogP contribution >= 0.6 is 27.3 Å². The minimum atomic E-state index is -0.353. The molecule has 0 aliphatic rings. The number of benzene rings is 1. The molecule has 25 heavy (non-hydrogen) atoms. The van der Waals surface area contributed by atoms with Crippen molar-refractivity contribution in [3.05, 3.63) is 74.8 Å². The van der Waals surface area contributed by atoms with E-state index in [4.69, 9.17) is 0 Å². The second-order valence-electron chi connectivity index (χ2n) is 5.25. The van der Waals surface area contributed by atoms with Crippen LogP contribution in [0.1, 0.15) is 15.2 Å². The van der Waals surface area contributed by atoms with Gasteiger partial charge in [0.2, 0.25) is 0 Å². The van der Waals surface area contributed by atoms with Crippen molar-refractivity contribution < 1.29 is 9.18 Å². The van der Waals surface area contributed by atoms with Crippen LogP contribution in [0.5, 0.6) is 0 Å². The molecule has 0 unspecified atom stereocenters. The Morgan fingerprint density at radius 2 is 2.08 bits per heavy atom. The fourth-order valence-electron chi connectivity index (χ4n) is 2.27. The summed E-state index contributed by atoms with van der Waals surface area (Å²) in [4.78, 5) is 17.8. The molecule has 2 heterocycles. The number of hydrogen-bond acceptors (Lipinski definition) is 4. The van der Waals surface area contributed by atoms with Crippen molar-refractivity contribution in [3.63, 3.8) is 0 Å². The van der Waals surface area contributed by atoms with Crippen LogP contribution < -0.4 is 10.6 Å². The lowest BCUT2D eigenvalue weighted by Crippen LogP contribution is -2.26. The predicted molar refractivity (Wildman–Crippen MR) is 102 cm³/mol. The van der Waals surface area contributed by atoms with Crippen molar-refractivity contribution in [1.82, 2.24) is 10.3 Å². The van der Waals surface area contributed by atoms with E-state index in [0.29, 0.717) is 23.6 Å². The maximum absolute atomic E-state index is 13.3. The number of thiophene rings is 1. The third kappa shape index (κ3) is 4.87. The van der Waals surface area contributed by atoms with Gasteiger partial charge in [0.15, 0.2) is 0 Å². The van der Waals surface area contributed by atoms with Gasteiger partial charge in [0, 0.05) is 23.3 Å². The van der Waals surface area contributed by atoms with Crippen LogP contribution in [0.2, 0.25) is 0 Å². The molecule has 7 heteroatoms. The van der Waals surface area contributed by atoms with Gasteiger partial charge in [0.25, 0.3) is 5.91 Å². The van der Waals surface area contributed by atoms with Gasteiger partial charge in [0.1, 0.15) is 11.6 Å². The fraction of sp³-hybridized carbons (Fsp3) is 0.111. The number of anilines is 2. The summed E-state index contributed by atoms with van der Waals surface area (Å²) in [5, 5.41) is 5.88. The van der Waals surface area contributed by atoms with Gasteiger partial charge < -0.3 is 10.6 Å². The van der Waals surface area contributed by atoms with Crippen molar-refractivity contribution in [1.29, 1.82) is 0 Å². The first-order valence-electron chi connectivity index (χ1n) is 7.62. The molecule has 0 radical (unpaired) electrons. The molecular weight excluding hydrogens is 405 g/mol. The Balaban J connectivity index is 1.66.